The Balaban J connectivity index is 1.41. The molecule has 3 rings (SSSR count). The molecule has 130 valence electrons. The fourth-order valence-electron chi connectivity index (χ4n) is 3.10. The third-order valence-electron chi connectivity index (χ3n) is 4.49. The van der Waals surface area contributed by atoms with Crippen molar-refractivity contribution >= 4 is 17.7 Å². The molecule has 2 saturated heterocycles. The van der Waals surface area contributed by atoms with Crippen LogP contribution in [0.5, 0.6) is 0 Å². The quantitative estimate of drug-likeness (QED) is 0.713. The molecule has 0 radical (unpaired) electrons. The van der Waals surface area contributed by atoms with Gasteiger partial charge in [-0.15, -0.1) is 0 Å². The number of carbonyl (C=O) groups excluding carboxylic acids is 3. The van der Waals surface area contributed by atoms with Gasteiger partial charge in [0.25, 0.3) is 0 Å². The topological polar surface area (TPSA) is 87.0 Å². The molecule has 0 spiro atoms. The number of aromatic nitrogens is 1. The Bertz CT molecular complexity index is 618. The van der Waals surface area contributed by atoms with Crippen molar-refractivity contribution in [3.63, 3.8) is 0 Å². The molecular weight excluding hydrogens is 312 g/mol. The highest BCUT2D eigenvalue weighted by Crippen LogP contribution is 2.14. The number of nitrogens with zero attached hydrogens (tertiary/aromatic N) is 4. The Kier molecular flexibility index (Phi) is 4.94. The van der Waals surface area contributed by atoms with E-state index in [1.54, 1.807) is 4.90 Å². The van der Waals surface area contributed by atoms with Gasteiger partial charge in [-0.05, 0) is 6.92 Å². The first-order valence-corrected chi connectivity index (χ1v) is 8.28. The van der Waals surface area contributed by atoms with Crippen LogP contribution in [-0.2, 0) is 20.9 Å². The highest BCUT2D eigenvalue weighted by Gasteiger charge is 2.30. The molecule has 1 aromatic heterocycles. The van der Waals surface area contributed by atoms with Crippen LogP contribution in [0.1, 0.15) is 30.7 Å². The lowest BCUT2D eigenvalue weighted by Gasteiger charge is -2.34. The van der Waals surface area contributed by atoms with Gasteiger partial charge in [-0.1, -0.05) is 5.16 Å². The second-order valence-electron chi connectivity index (χ2n) is 6.28. The summed E-state index contributed by atoms with van der Waals surface area (Å²) in [7, 11) is 0. The molecule has 1 aromatic rings. The van der Waals surface area contributed by atoms with E-state index in [2.05, 4.69) is 10.1 Å². The Labute approximate surface area is 140 Å². The maximum Gasteiger partial charge on any atom is 0.229 e. The Hall–Kier alpha value is -2.22. The van der Waals surface area contributed by atoms with Gasteiger partial charge in [-0.3, -0.25) is 24.2 Å². The molecule has 0 bridgehead atoms. The van der Waals surface area contributed by atoms with Gasteiger partial charge in [0.2, 0.25) is 17.7 Å². The van der Waals surface area contributed by atoms with Gasteiger partial charge in [0.1, 0.15) is 0 Å². The molecule has 2 aliphatic heterocycles. The molecular formula is C16H22N4O4. The Morgan fingerprint density at radius 1 is 1.17 bits per heavy atom. The van der Waals surface area contributed by atoms with Crippen molar-refractivity contribution in [1.29, 1.82) is 0 Å². The summed E-state index contributed by atoms with van der Waals surface area (Å²) in [6, 6.07) is 1.92. The lowest BCUT2D eigenvalue weighted by atomic mass is 10.2. The van der Waals surface area contributed by atoms with Crippen LogP contribution in [-0.4, -0.2) is 70.3 Å². The van der Waals surface area contributed by atoms with Crippen LogP contribution in [0.2, 0.25) is 0 Å². The van der Waals surface area contributed by atoms with Crippen molar-refractivity contribution in [1.82, 2.24) is 19.9 Å². The number of amides is 3. The van der Waals surface area contributed by atoms with Crippen LogP contribution in [0.3, 0.4) is 0 Å². The van der Waals surface area contributed by atoms with Crippen molar-refractivity contribution in [2.45, 2.75) is 32.7 Å². The number of imide groups is 1. The van der Waals surface area contributed by atoms with E-state index < -0.39 is 0 Å². The van der Waals surface area contributed by atoms with E-state index in [9.17, 15) is 14.4 Å². The molecule has 2 fully saturated rings. The van der Waals surface area contributed by atoms with Crippen LogP contribution in [0.25, 0.3) is 0 Å². The van der Waals surface area contributed by atoms with E-state index in [0.29, 0.717) is 19.6 Å². The SMILES string of the molecule is Cc1cc(CN2CCN(C(=O)CCN3C(=O)CCC3=O)CC2)on1. The number of hydrogen-bond acceptors (Lipinski definition) is 6. The predicted octanol–water partition coefficient (Wildman–Crippen LogP) is 0.166. The summed E-state index contributed by atoms with van der Waals surface area (Å²) in [6.07, 6.45) is 0.748. The molecule has 3 amide bonds. The second-order valence-corrected chi connectivity index (χ2v) is 6.28. The first kappa shape index (κ1) is 16.6. The lowest BCUT2D eigenvalue weighted by Crippen LogP contribution is -2.48. The molecule has 3 heterocycles. The van der Waals surface area contributed by atoms with Crippen molar-refractivity contribution in [3.05, 3.63) is 17.5 Å². The summed E-state index contributed by atoms with van der Waals surface area (Å²) in [5.41, 5.74) is 0.866. The molecule has 8 heteroatoms. The van der Waals surface area contributed by atoms with Gasteiger partial charge < -0.3 is 9.42 Å². The summed E-state index contributed by atoms with van der Waals surface area (Å²) in [5.74, 6) is 0.496. The van der Waals surface area contributed by atoms with Crippen molar-refractivity contribution in [2.75, 3.05) is 32.7 Å². The van der Waals surface area contributed by atoms with Gasteiger partial charge in [-0.25, -0.2) is 0 Å². The van der Waals surface area contributed by atoms with Crippen LogP contribution in [0.4, 0.5) is 0 Å². The normalized spacial score (nSPS) is 19.4. The minimum Gasteiger partial charge on any atom is -0.360 e. The van der Waals surface area contributed by atoms with Gasteiger partial charge in [-0.2, -0.15) is 0 Å². The standard InChI is InChI=1S/C16H22N4O4/c1-12-10-13(24-17-12)11-18-6-8-19(9-7-18)14(21)4-5-20-15(22)2-3-16(20)23/h10H,2-9,11H2,1H3. The highest BCUT2D eigenvalue weighted by atomic mass is 16.5. The number of likely N-dealkylation sites (tertiary alicyclic amines) is 1. The summed E-state index contributed by atoms with van der Waals surface area (Å²) in [6.45, 7) is 5.62. The van der Waals surface area contributed by atoms with E-state index in [-0.39, 0.29) is 43.5 Å². The van der Waals surface area contributed by atoms with E-state index in [1.807, 2.05) is 13.0 Å². The summed E-state index contributed by atoms with van der Waals surface area (Å²) >= 11 is 0. The average Bonchev–Trinajstić information content (AvgIpc) is 3.12. The third-order valence-corrected chi connectivity index (χ3v) is 4.49. The summed E-state index contributed by atoms with van der Waals surface area (Å²) in [4.78, 5) is 40.6. The fourth-order valence-corrected chi connectivity index (χ4v) is 3.10. The maximum absolute atomic E-state index is 12.3. The summed E-state index contributed by atoms with van der Waals surface area (Å²) < 4.78 is 5.22. The largest absolute Gasteiger partial charge is 0.360 e. The van der Waals surface area contributed by atoms with E-state index in [1.165, 1.54) is 4.90 Å². The number of aryl methyl sites for hydroxylation is 1. The zero-order valence-corrected chi connectivity index (χ0v) is 13.9. The number of hydrogen-bond donors (Lipinski definition) is 0. The number of carbonyl (C=O) groups is 3. The average molecular weight is 334 g/mol. The highest BCUT2D eigenvalue weighted by molar-refractivity contribution is 6.02. The Morgan fingerprint density at radius 3 is 2.42 bits per heavy atom. The molecule has 0 aliphatic carbocycles. The molecule has 0 atom stereocenters. The fraction of sp³-hybridized carbons (Fsp3) is 0.625. The maximum atomic E-state index is 12.3. The van der Waals surface area contributed by atoms with Crippen LogP contribution in [0.15, 0.2) is 10.6 Å². The van der Waals surface area contributed by atoms with Gasteiger partial charge in [0.15, 0.2) is 5.76 Å². The van der Waals surface area contributed by atoms with Crippen LogP contribution in [0, 0.1) is 6.92 Å². The smallest absolute Gasteiger partial charge is 0.229 e. The van der Waals surface area contributed by atoms with Gasteiger partial charge >= 0.3 is 0 Å². The molecule has 0 aromatic carbocycles. The first-order chi connectivity index (χ1) is 11.5. The van der Waals surface area contributed by atoms with E-state index in [0.717, 1.165) is 24.5 Å². The van der Waals surface area contributed by atoms with Gasteiger partial charge in [0.05, 0.1) is 12.2 Å². The molecule has 24 heavy (non-hydrogen) atoms. The molecule has 8 nitrogen and oxygen atoms in total. The molecule has 0 N–H and O–H groups in total. The minimum absolute atomic E-state index is 0.00217. The zero-order valence-electron chi connectivity index (χ0n) is 13.9. The second kappa shape index (κ2) is 7.12. The van der Waals surface area contributed by atoms with Crippen molar-refractivity contribution in [3.8, 4) is 0 Å². The van der Waals surface area contributed by atoms with Crippen molar-refractivity contribution < 1.29 is 18.9 Å². The first-order valence-electron chi connectivity index (χ1n) is 8.28. The lowest BCUT2D eigenvalue weighted by molar-refractivity contribution is -0.139. The zero-order chi connectivity index (χ0) is 17.1. The third kappa shape index (κ3) is 3.81. The van der Waals surface area contributed by atoms with E-state index >= 15 is 0 Å². The predicted molar refractivity (Wildman–Crippen MR) is 83.7 cm³/mol. The van der Waals surface area contributed by atoms with Gasteiger partial charge in [0, 0.05) is 58.1 Å². The monoisotopic (exact) mass is 334 g/mol. The van der Waals surface area contributed by atoms with Crippen molar-refractivity contribution in [2.24, 2.45) is 0 Å². The van der Waals surface area contributed by atoms with Crippen LogP contribution >= 0.6 is 0 Å². The Morgan fingerprint density at radius 2 is 1.83 bits per heavy atom. The molecule has 2 aliphatic rings. The molecule has 0 unspecified atom stereocenters. The minimum atomic E-state index is -0.167. The number of piperazine rings is 1. The van der Waals surface area contributed by atoms with Crippen LogP contribution < -0.4 is 0 Å². The molecule has 0 saturated carbocycles. The number of rotatable bonds is 5. The summed E-state index contributed by atoms with van der Waals surface area (Å²) in [5, 5.41) is 3.87. The van der Waals surface area contributed by atoms with E-state index in [4.69, 9.17) is 4.52 Å².